The van der Waals surface area contributed by atoms with E-state index in [1.54, 1.807) is 0 Å². The number of aromatic nitrogens is 3. The Hall–Kier alpha value is -1.66. The van der Waals surface area contributed by atoms with Crippen molar-refractivity contribution >= 4 is 34.8 Å². The molecule has 8 heteroatoms. The van der Waals surface area contributed by atoms with Crippen molar-refractivity contribution in [3.8, 4) is 0 Å². The minimum Gasteiger partial charge on any atom is -0.317 e. The minimum absolute atomic E-state index is 0.00311. The molecule has 104 valence electrons. The maximum Gasteiger partial charge on any atom is 0.295 e. The lowest BCUT2D eigenvalue weighted by molar-refractivity contribution is 0.101. The fourth-order valence-corrected chi connectivity index (χ4v) is 2.30. The monoisotopic (exact) mass is 314 g/mol. The summed E-state index contributed by atoms with van der Waals surface area (Å²) in [5.41, 5.74) is 0.137. The molecule has 2 aromatic rings. The second-order valence-corrected chi connectivity index (χ2v) is 5.33. The van der Waals surface area contributed by atoms with Crippen LogP contribution in [0.15, 0.2) is 12.1 Å². The first-order chi connectivity index (χ1) is 9.54. The van der Waals surface area contributed by atoms with Crippen LogP contribution in [0.25, 0.3) is 0 Å². The number of nitrogens with one attached hydrogen (secondary N) is 2. The number of anilines is 1. The highest BCUT2D eigenvalue weighted by Crippen LogP contribution is 2.38. The fraction of sp³-hybridized carbons (Fsp3) is 0.250. The number of carbonyl (C=O) groups is 1. The summed E-state index contributed by atoms with van der Waals surface area (Å²) in [5, 5.41) is 9.08. The fourth-order valence-electron chi connectivity index (χ4n) is 1.75. The van der Waals surface area contributed by atoms with E-state index in [1.807, 2.05) is 0 Å². The van der Waals surface area contributed by atoms with Crippen molar-refractivity contribution in [3.63, 3.8) is 0 Å². The van der Waals surface area contributed by atoms with Gasteiger partial charge in [-0.25, -0.2) is 9.37 Å². The zero-order valence-electron chi connectivity index (χ0n) is 10.1. The molecule has 1 aromatic carbocycles. The molecule has 0 saturated heterocycles. The smallest absolute Gasteiger partial charge is 0.295 e. The normalized spacial score (nSPS) is 14.3. The molecule has 0 aliphatic heterocycles. The van der Waals surface area contributed by atoms with E-state index in [0.29, 0.717) is 11.7 Å². The largest absolute Gasteiger partial charge is 0.317 e. The van der Waals surface area contributed by atoms with Crippen LogP contribution in [0.5, 0.6) is 0 Å². The van der Waals surface area contributed by atoms with Crippen LogP contribution >= 0.6 is 23.2 Å². The molecule has 20 heavy (non-hydrogen) atoms. The summed E-state index contributed by atoms with van der Waals surface area (Å²) in [6.45, 7) is 0. The van der Waals surface area contributed by atoms with Crippen LogP contribution in [0.2, 0.25) is 10.0 Å². The van der Waals surface area contributed by atoms with E-state index in [4.69, 9.17) is 23.2 Å². The molecule has 0 atom stereocenters. The van der Waals surface area contributed by atoms with Crippen LogP contribution in [0.1, 0.15) is 35.2 Å². The average Bonchev–Trinajstić information content (AvgIpc) is 3.11. The molecular formula is C12H9Cl2FN4O. The Labute approximate surface area is 123 Å². The first kappa shape index (κ1) is 13.3. The highest BCUT2D eigenvalue weighted by Gasteiger charge is 2.28. The van der Waals surface area contributed by atoms with Crippen molar-refractivity contribution in [1.82, 2.24) is 15.2 Å². The van der Waals surface area contributed by atoms with Crippen molar-refractivity contribution in [2.24, 2.45) is 0 Å². The number of amides is 1. The molecule has 1 heterocycles. The lowest BCUT2D eigenvalue weighted by Crippen LogP contribution is -2.14. The second-order valence-electron chi connectivity index (χ2n) is 4.52. The summed E-state index contributed by atoms with van der Waals surface area (Å²) >= 11 is 11.7. The van der Waals surface area contributed by atoms with E-state index in [1.165, 1.54) is 0 Å². The number of halogens is 3. The summed E-state index contributed by atoms with van der Waals surface area (Å²) in [7, 11) is 0. The third-order valence-corrected chi connectivity index (χ3v) is 3.51. The number of H-pyrrole nitrogens is 1. The van der Waals surface area contributed by atoms with Gasteiger partial charge in [-0.2, -0.15) is 0 Å². The predicted octanol–water partition coefficient (Wildman–Crippen LogP) is 3.38. The van der Waals surface area contributed by atoms with E-state index in [0.717, 1.165) is 25.0 Å². The molecular weight excluding hydrogens is 306 g/mol. The van der Waals surface area contributed by atoms with Crippen LogP contribution in [0, 0.1) is 5.82 Å². The lowest BCUT2D eigenvalue weighted by Gasteiger charge is -2.07. The zero-order valence-corrected chi connectivity index (χ0v) is 11.6. The second kappa shape index (κ2) is 5.03. The topological polar surface area (TPSA) is 70.7 Å². The third-order valence-electron chi connectivity index (χ3n) is 2.92. The Balaban J connectivity index is 1.81. The Morgan fingerprint density at radius 3 is 2.60 bits per heavy atom. The SMILES string of the molecule is O=C(Nc1c(Cl)cc(F)cc1Cl)c1n[nH]c(C2CC2)n1. The number of aromatic amines is 1. The summed E-state index contributed by atoms with van der Waals surface area (Å²) in [6.07, 6.45) is 2.09. The number of hydrogen-bond acceptors (Lipinski definition) is 3. The van der Waals surface area contributed by atoms with E-state index >= 15 is 0 Å². The number of hydrogen-bond donors (Lipinski definition) is 2. The molecule has 1 fully saturated rings. The van der Waals surface area contributed by atoms with Crippen molar-refractivity contribution in [3.05, 3.63) is 39.6 Å². The van der Waals surface area contributed by atoms with Gasteiger partial charge in [0.15, 0.2) is 0 Å². The van der Waals surface area contributed by atoms with Crippen LogP contribution < -0.4 is 5.32 Å². The summed E-state index contributed by atoms with van der Waals surface area (Å²) in [4.78, 5) is 16.1. The van der Waals surface area contributed by atoms with Gasteiger partial charge in [-0.1, -0.05) is 23.2 Å². The first-order valence-electron chi connectivity index (χ1n) is 5.93. The van der Waals surface area contributed by atoms with Gasteiger partial charge in [-0.15, -0.1) is 5.10 Å². The minimum atomic E-state index is -0.577. The Bertz CT molecular complexity index is 661. The number of carbonyl (C=O) groups excluding carboxylic acids is 1. The Morgan fingerprint density at radius 1 is 1.35 bits per heavy atom. The van der Waals surface area contributed by atoms with Crippen molar-refractivity contribution in [2.45, 2.75) is 18.8 Å². The highest BCUT2D eigenvalue weighted by atomic mass is 35.5. The molecule has 1 amide bonds. The third kappa shape index (κ3) is 2.62. The van der Waals surface area contributed by atoms with Crippen LogP contribution in [-0.4, -0.2) is 21.1 Å². The molecule has 0 spiro atoms. The molecule has 0 radical (unpaired) electrons. The van der Waals surface area contributed by atoms with E-state index < -0.39 is 11.7 Å². The standard InChI is InChI=1S/C12H9Cl2FN4O/c13-7-3-6(15)4-8(14)9(7)16-12(20)11-17-10(18-19-11)5-1-2-5/h3-5H,1-2H2,(H,16,20)(H,17,18,19). The molecule has 1 aliphatic carbocycles. The van der Waals surface area contributed by atoms with Gasteiger partial charge >= 0.3 is 0 Å². The van der Waals surface area contributed by atoms with E-state index in [-0.39, 0.29) is 21.6 Å². The summed E-state index contributed by atoms with van der Waals surface area (Å²) < 4.78 is 13.1. The lowest BCUT2D eigenvalue weighted by atomic mass is 10.3. The number of benzene rings is 1. The molecule has 5 nitrogen and oxygen atoms in total. The quantitative estimate of drug-likeness (QED) is 0.912. The van der Waals surface area contributed by atoms with E-state index in [2.05, 4.69) is 20.5 Å². The van der Waals surface area contributed by atoms with Crippen LogP contribution in [0.4, 0.5) is 10.1 Å². The maximum atomic E-state index is 13.1. The maximum absolute atomic E-state index is 13.1. The molecule has 0 bridgehead atoms. The Kier molecular flexibility index (Phi) is 3.35. The van der Waals surface area contributed by atoms with Crippen LogP contribution in [0.3, 0.4) is 0 Å². The van der Waals surface area contributed by atoms with Gasteiger partial charge in [0, 0.05) is 5.92 Å². The van der Waals surface area contributed by atoms with Gasteiger partial charge in [0.05, 0.1) is 15.7 Å². The van der Waals surface area contributed by atoms with Crippen molar-refractivity contribution < 1.29 is 9.18 Å². The highest BCUT2D eigenvalue weighted by molar-refractivity contribution is 6.40. The van der Waals surface area contributed by atoms with E-state index in [9.17, 15) is 9.18 Å². The van der Waals surface area contributed by atoms with Crippen molar-refractivity contribution in [1.29, 1.82) is 0 Å². The first-order valence-corrected chi connectivity index (χ1v) is 6.68. The predicted molar refractivity (Wildman–Crippen MR) is 72.7 cm³/mol. The Morgan fingerprint density at radius 2 is 2.00 bits per heavy atom. The van der Waals surface area contributed by atoms with Gasteiger partial charge < -0.3 is 5.32 Å². The number of rotatable bonds is 3. The zero-order chi connectivity index (χ0) is 14.3. The number of nitrogens with zero attached hydrogens (tertiary/aromatic N) is 2. The van der Waals surface area contributed by atoms with Gasteiger partial charge in [-0.05, 0) is 25.0 Å². The van der Waals surface area contributed by atoms with Gasteiger partial charge in [-0.3, -0.25) is 9.89 Å². The molecule has 1 saturated carbocycles. The summed E-state index contributed by atoms with van der Waals surface area (Å²) in [5.74, 6) is -0.0627. The molecule has 0 unspecified atom stereocenters. The molecule has 2 N–H and O–H groups in total. The molecule has 1 aromatic heterocycles. The van der Waals surface area contributed by atoms with Gasteiger partial charge in [0.1, 0.15) is 11.6 Å². The van der Waals surface area contributed by atoms with Crippen molar-refractivity contribution in [2.75, 3.05) is 5.32 Å². The van der Waals surface area contributed by atoms with Gasteiger partial charge in [0.25, 0.3) is 5.91 Å². The van der Waals surface area contributed by atoms with Gasteiger partial charge in [0.2, 0.25) is 5.82 Å². The van der Waals surface area contributed by atoms with Crippen LogP contribution in [-0.2, 0) is 0 Å². The summed E-state index contributed by atoms with van der Waals surface area (Å²) in [6, 6.07) is 2.13. The average molecular weight is 315 g/mol. The molecule has 3 rings (SSSR count). The molecule has 1 aliphatic rings.